The number of sulfonamides is 1. The second-order valence-electron chi connectivity index (χ2n) is 4.33. The van der Waals surface area contributed by atoms with Crippen molar-refractivity contribution in [3.8, 4) is 0 Å². The van der Waals surface area contributed by atoms with Gasteiger partial charge in [0, 0.05) is 26.7 Å². The monoisotopic (exact) mass is 266 g/mol. The van der Waals surface area contributed by atoms with Crippen molar-refractivity contribution >= 4 is 10.0 Å². The van der Waals surface area contributed by atoms with Gasteiger partial charge in [-0.25, -0.2) is 13.1 Å². The average Bonchev–Trinajstić information content (AvgIpc) is 2.76. The Balaban J connectivity index is 2.37. The Hall–Kier alpha value is -0.210. The summed E-state index contributed by atoms with van der Waals surface area (Å²) in [5.41, 5.74) is 4.82. The Morgan fingerprint density at radius 1 is 1.47 bits per heavy atom. The van der Waals surface area contributed by atoms with E-state index >= 15 is 0 Å². The Morgan fingerprint density at radius 3 is 2.76 bits per heavy atom. The fourth-order valence-corrected chi connectivity index (χ4v) is 2.92. The van der Waals surface area contributed by atoms with Crippen LogP contribution in [0.15, 0.2) is 0 Å². The first-order valence-electron chi connectivity index (χ1n) is 5.84. The normalized spacial score (nSPS) is 25.3. The summed E-state index contributed by atoms with van der Waals surface area (Å²) in [5, 5.41) is 0. The SMILES string of the molecule is COC1(CNS(=O)(=O)CCCCN)CCOC1. The zero-order valence-electron chi connectivity index (χ0n) is 10.3. The van der Waals surface area contributed by atoms with Crippen molar-refractivity contribution in [1.29, 1.82) is 0 Å². The lowest BCUT2D eigenvalue weighted by atomic mass is 10.0. The van der Waals surface area contributed by atoms with Gasteiger partial charge in [0.2, 0.25) is 10.0 Å². The van der Waals surface area contributed by atoms with Gasteiger partial charge in [-0.1, -0.05) is 0 Å². The molecule has 0 aromatic heterocycles. The van der Waals surface area contributed by atoms with E-state index in [1.807, 2.05) is 0 Å². The first-order valence-corrected chi connectivity index (χ1v) is 7.49. The van der Waals surface area contributed by atoms with E-state index in [2.05, 4.69) is 4.72 Å². The van der Waals surface area contributed by atoms with Gasteiger partial charge in [0.15, 0.2) is 0 Å². The van der Waals surface area contributed by atoms with E-state index in [9.17, 15) is 8.42 Å². The van der Waals surface area contributed by atoms with Crippen LogP contribution in [-0.2, 0) is 19.5 Å². The summed E-state index contributed by atoms with van der Waals surface area (Å²) in [6, 6.07) is 0. The number of hydrogen-bond acceptors (Lipinski definition) is 5. The second kappa shape index (κ2) is 6.65. The van der Waals surface area contributed by atoms with Crippen LogP contribution in [0.2, 0.25) is 0 Å². The van der Waals surface area contributed by atoms with Crippen molar-refractivity contribution < 1.29 is 17.9 Å². The molecule has 1 rings (SSSR count). The van der Waals surface area contributed by atoms with Gasteiger partial charge in [-0.2, -0.15) is 0 Å². The molecule has 1 fully saturated rings. The van der Waals surface area contributed by atoms with Gasteiger partial charge in [-0.3, -0.25) is 0 Å². The summed E-state index contributed by atoms with van der Waals surface area (Å²) >= 11 is 0. The molecule has 17 heavy (non-hydrogen) atoms. The third-order valence-electron chi connectivity index (χ3n) is 2.98. The van der Waals surface area contributed by atoms with Crippen LogP contribution in [0.4, 0.5) is 0 Å². The number of rotatable bonds is 8. The summed E-state index contributed by atoms with van der Waals surface area (Å²) < 4.78 is 36.5. The molecule has 102 valence electrons. The fourth-order valence-electron chi connectivity index (χ4n) is 1.71. The fraction of sp³-hybridized carbons (Fsp3) is 1.00. The van der Waals surface area contributed by atoms with Gasteiger partial charge in [0.25, 0.3) is 0 Å². The third-order valence-corrected chi connectivity index (χ3v) is 4.39. The van der Waals surface area contributed by atoms with Crippen LogP contribution in [-0.4, -0.2) is 53.2 Å². The molecule has 3 N–H and O–H groups in total. The molecule has 1 heterocycles. The number of nitrogens with two attached hydrogens (primary N) is 1. The van der Waals surface area contributed by atoms with Crippen molar-refractivity contribution in [2.24, 2.45) is 5.73 Å². The molecule has 1 aliphatic heterocycles. The highest BCUT2D eigenvalue weighted by Gasteiger charge is 2.35. The van der Waals surface area contributed by atoms with E-state index in [-0.39, 0.29) is 12.3 Å². The summed E-state index contributed by atoms with van der Waals surface area (Å²) in [6.07, 6.45) is 2.02. The van der Waals surface area contributed by atoms with Crippen LogP contribution in [0, 0.1) is 0 Å². The molecule has 1 atom stereocenters. The number of nitrogens with one attached hydrogen (secondary N) is 1. The van der Waals surface area contributed by atoms with Crippen LogP contribution in [0.5, 0.6) is 0 Å². The van der Waals surface area contributed by atoms with Gasteiger partial charge in [0.05, 0.1) is 12.4 Å². The third kappa shape index (κ3) is 4.89. The molecule has 0 aromatic rings. The smallest absolute Gasteiger partial charge is 0.211 e. The summed E-state index contributed by atoms with van der Waals surface area (Å²) in [4.78, 5) is 0. The summed E-state index contributed by atoms with van der Waals surface area (Å²) in [7, 11) is -1.65. The van der Waals surface area contributed by atoms with Gasteiger partial charge >= 0.3 is 0 Å². The molecule has 0 radical (unpaired) electrons. The predicted molar refractivity (Wildman–Crippen MR) is 65.3 cm³/mol. The van der Waals surface area contributed by atoms with E-state index in [4.69, 9.17) is 15.2 Å². The molecular formula is C10H22N2O4S. The molecule has 0 bridgehead atoms. The molecule has 1 aliphatic rings. The molecular weight excluding hydrogens is 244 g/mol. The highest BCUT2D eigenvalue weighted by molar-refractivity contribution is 7.89. The number of methoxy groups -OCH3 is 1. The molecule has 1 unspecified atom stereocenters. The van der Waals surface area contributed by atoms with Crippen LogP contribution in [0.1, 0.15) is 19.3 Å². The number of unbranched alkanes of at least 4 members (excludes halogenated alkanes) is 1. The van der Waals surface area contributed by atoms with E-state index in [0.29, 0.717) is 26.2 Å². The molecule has 0 aliphatic carbocycles. The Morgan fingerprint density at radius 2 is 2.24 bits per heavy atom. The maximum Gasteiger partial charge on any atom is 0.211 e. The topological polar surface area (TPSA) is 90.7 Å². The van der Waals surface area contributed by atoms with Crippen LogP contribution in [0.3, 0.4) is 0 Å². The Kier molecular flexibility index (Phi) is 5.81. The molecule has 6 nitrogen and oxygen atoms in total. The van der Waals surface area contributed by atoms with Gasteiger partial charge < -0.3 is 15.2 Å². The van der Waals surface area contributed by atoms with Gasteiger partial charge in [0.1, 0.15) is 5.60 Å². The van der Waals surface area contributed by atoms with Crippen molar-refractivity contribution in [2.75, 3.05) is 39.2 Å². The van der Waals surface area contributed by atoms with Gasteiger partial charge in [-0.05, 0) is 19.4 Å². The minimum Gasteiger partial charge on any atom is -0.378 e. The van der Waals surface area contributed by atoms with Crippen molar-refractivity contribution in [1.82, 2.24) is 4.72 Å². The minimum atomic E-state index is -3.23. The van der Waals surface area contributed by atoms with Gasteiger partial charge in [-0.15, -0.1) is 0 Å². The standard InChI is InChI=1S/C10H22N2O4S/c1-15-10(4-6-16-9-10)8-12-17(13,14)7-3-2-5-11/h12H,2-9,11H2,1H3. The molecule has 1 saturated heterocycles. The minimum absolute atomic E-state index is 0.116. The molecule has 7 heteroatoms. The molecule has 0 saturated carbocycles. The Labute approximate surface area is 103 Å². The van der Waals surface area contributed by atoms with Crippen molar-refractivity contribution in [3.05, 3.63) is 0 Å². The maximum absolute atomic E-state index is 11.7. The number of hydrogen-bond donors (Lipinski definition) is 2. The Bertz CT molecular complexity index is 312. The van der Waals surface area contributed by atoms with Crippen molar-refractivity contribution in [2.45, 2.75) is 24.9 Å². The predicted octanol–water partition coefficient (Wildman–Crippen LogP) is -0.550. The molecule has 0 aromatic carbocycles. The van der Waals surface area contributed by atoms with Crippen LogP contribution in [0.25, 0.3) is 0 Å². The van der Waals surface area contributed by atoms with E-state index in [0.717, 1.165) is 12.8 Å². The summed E-state index contributed by atoms with van der Waals surface area (Å²) in [6.45, 7) is 1.84. The lowest BCUT2D eigenvalue weighted by molar-refractivity contribution is -0.0120. The van der Waals surface area contributed by atoms with E-state index in [1.54, 1.807) is 7.11 Å². The second-order valence-corrected chi connectivity index (χ2v) is 6.25. The zero-order chi connectivity index (χ0) is 12.8. The quantitative estimate of drug-likeness (QED) is 0.575. The highest BCUT2D eigenvalue weighted by atomic mass is 32.2. The van der Waals surface area contributed by atoms with Crippen molar-refractivity contribution in [3.63, 3.8) is 0 Å². The largest absolute Gasteiger partial charge is 0.378 e. The molecule has 0 spiro atoms. The first-order chi connectivity index (χ1) is 8.04. The first kappa shape index (κ1) is 14.8. The van der Waals surface area contributed by atoms with E-state index < -0.39 is 15.6 Å². The molecule has 0 amide bonds. The maximum atomic E-state index is 11.7. The lowest BCUT2D eigenvalue weighted by Gasteiger charge is -2.25. The zero-order valence-corrected chi connectivity index (χ0v) is 11.1. The average molecular weight is 266 g/mol. The van der Waals surface area contributed by atoms with E-state index in [1.165, 1.54) is 0 Å². The van der Waals surface area contributed by atoms with Crippen LogP contribution >= 0.6 is 0 Å². The summed E-state index contributed by atoms with van der Waals surface area (Å²) in [5.74, 6) is 0.116. The lowest BCUT2D eigenvalue weighted by Crippen LogP contribution is -2.45. The van der Waals surface area contributed by atoms with Crippen LogP contribution < -0.4 is 10.5 Å². The highest BCUT2D eigenvalue weighted by Crippen LogP contribution is 2.21. The number of ether oxygens (including phenoxy) is 2.